The summed E-state index contributed by atoms with van der Waals surface area (Å²) in [6, 6.07) is 16.3. The molecule has 0 saturated carbocycles. The van der Waals surface area contributed by atoms with Crippen LogP contribution < -0.4 is 10.1 Å². The van der Waals surface area contributed by atoms with E-state index in [9.17, 15) is 4.79 Å². The molecule has 2 aromatic carbocycles. The first-order valence-corrected chi connectivity index (χ1v) is 8.18. The zero-order valence-corrected chi connectivity index (χ0v) is 14.7. The smallest absolute Gasteiger partial charge is 0.255 e. The predicted molar refractivity (Wildman–Crippen MR) is 99.6 cm³/mol. The van der Waals surface area contributed by atoms with Crippen LogP contribution in [0.4, 0.5) is 5.69 Å². The third kappa shape index (κ3) is 4.17. The Balaban J connectivity index is 1.70. The first kappa shape index (κ1) is 17.0. The molecule has 0 aliphatic heterocycles. The number of anilines is 1. The molecular formula is C20H17ClN2O2. The van der Waals surface area contributed by atoms with Crippen LogP contribution >= 0.6 is 11.6 Å². The Hall–Kier alpha value is -2.85. The molecule has 0 spiro atoms. The summed E-state index contributed by atoms with van der Waals surface area (Å²) in [5, 5.41) is 3.49. The van der Waals surface area contributed by atoms with Crippen LogP contribution in [-0.4, -0.2) is 10.9 Å². The summed E-state index contributed by atoms with van der Waals surface area (Å²) in [5.74, 6) is 0.968. The fourth-order valence-electron chi connectivity index (χ4n) is 2.38. The van der Waals surface area contributed by atoms with Crippen molar-refractivity contribution in [3.63, 3.8) is 0 Å². The van der Waals surface area contributed by atoms with Gasteiger partial charge >= 0.3 is 0 Å². The first-order valence-electron chi connectivity index (χ1n) is 7.80. The molecule has 0 unspecified atom stereocenters. The Morgan fingerprint density at radius 2 is 1.84 bits per heavy atom. The Morgan fingerprint density at radius 1 is 1.04 bits per heavy atom. The first-order chi connectivity index (χ1) is 12.0. The lowest BCUT2D eigenvalue weighted by molar-refractivity contribution is 0.102. The molecule has 126 valence electrons. The molecule has 5 heteroatoms. The minimum atomic E-state index is -0.165. The normalized spacial score (nSPS) is 10.4. The van der Waals surface area contributed by atoms with Crippen molar-refractivity contribution < 1.29 is 9.53 Å². The molecule has 0 bridgehead atoms. The van der Waals surface area contributed by atoms with Crippen molar-refractivity contribution in [1.82, 2.24) is 4.98 Å². The van der Waals surface area contributed by atoms with Gasteiger partial charge in [-0.15, -0.1) is 0 Å². The van der Waals surface area contributed by atoms with Crippen LogP contribution in [0.2, 0.25) is 5.02 Å². The number of amides is 1. The SMILES string of the molecule is Cc1cc(Cl)ccc1Oc1ccc(NC(=O)c2ccccc2C)cn1. The van der Waals surface area contributed by atoms with Crippen molar-refractivity contribution in [2.24, 2.45) is 0 Å². The number of nitrogens with one attached hydrogen (secondary N) is 1. The van der Waals surface area contributed by atoms with E-state index in [1.54, 1.807) is 36.5 Å². The van der Waals surface area contributed by atoms with E-state index >= 15 is 0 Å². The van der Waals surface area contributed by atoms with Crippen LogP contribution in [0, 0.1) is 13.8 Å². The molecule has 3 rings (SSSR count). The van der Waals surface area contributed by atoms with Gasteiger partial charge in [-0.05, 0) is 55.3 Å². The van der Waals surface area contributed by atoms with Crippen molar-refractivity contribution in [3.05, 3.63) is 82.5 Å². The van der Waals surface area contributed by atoms with Gasteiger partial charge in [-0.1, -0.05) is 29.8 Å². The van der Waals surface area contributed by atoms with Gasteiger partial charge in [0.05, 0.1) is 11.9 Å². The van der Waals surface area contributed by atoms with Gasteiger partial charge in [0.15, 0.2) is 0 Å². The topological polar surface area (TPSA) is 51.2 Å². The van der Waals surface area contributed by atoms with E-state index in [1.165, 1.54) is 0 Å². The quantitative estimate of drug-likeness (QED) is 0.684. The second kappa shape index (κ2) is 7.36. The lowest BCUT2D eigenvalue weighted by Crippen LogP contribution is -2.13. The average molecular weight is 353 g/mol. The lowest BCUT2D eigenvalue weighted by Gasteiger charge is -2.10. The highest BCUT2D eigenvalue weighted by Crippen LogP contribution is 2.26. The number of hydrogen-bond donors (Lipinski definition) is 1. The van der Waals surface area contributed by atoms with E-state index in [-0.39, 0.29) is 5.91 Å². The number of aryl methyl sites for hydroxylation is 2. The lowest BCUT2D eigenvalue weighted by atomic mass is 10.1. The molecule has 1 heterocycles. The van der Waals surface area contributed by atoms with Gasteiger partial charge in [-0.25, -0.2) is 4.98 Å². The molecule has 3 aromatic rings. The van der Waals surface area contributed by atoms with Crippen LogP contribution in [0.3, 0.4) is 0 Å². The maximum atomic E-state index is 12.3. The largest absolute Gasteiger partial charge is 0.439 e. The molecule has 4 nitrogen and oxygen atoms in total. The van der Waals surface area contributed by atoms with E-state index in [1.807, 2.05) is 38.1 Å². The third-order valence-electron chi connectivity index (χ3n) is 3.74. The number of benzene rings is 2. The minimum Gasteiger partial charge on any atom is -0.439 e. The maximum absolute atomic E-state index is 12.3. The van der Waals surface area contributed by atoms with Gasteiger partial charge in [0.2, 0.25) is 5.88 Å². The van der Waals surface area contributed by atoms with Gasteiger partial charge in [0.25, 0.3) is 5.91 Å². The summed E-state index contributed by atoms with van der Waals surface area (Å²) in [7, 11) is 0. The van der Waals surface area contributed by atoms with Crippen LogP contribution in [0.15, 0.2) is 60.8 Å². The number of rotatable bonds is 4. The monoisotopic (exact) mass is 352 g/mol. The maximum Gasteiger partial charge on any atom is 0.255 e. The van der Waals surface area contributed by atoms with Gasteiger partial charge < -0.3 is 10.1 Å². The number of aromatic nitrogens is 1. The highest BCUT2D eigenvalue weighted by Gasteiger charge is 2.09. The van der Waals surface area contributed by atoms with Crippen molar-refractivity contribution in [3.8, 4) is 11.6 Å². The Morgan fingerprint density at radius 3 is 2.52 bits per heavy atom. The highest BCUT2D eigenvalue weighted by atomic mass is 35.5. The molecule has 0 radical (unpaired) electrons. The van der Waals surface area contributed by atoms with E-state index in [0.29, 0.717) is 27.9 Å². The van der Waals surface area contributed by atoms with Gasteiger partial charge in [-0.2, -0.15) is 0 Å². The molecule has 0 atom stereocenters. The summed E-state index contributed by atoms with van der Waals surface area (Å²) in [6.45, 7) is 3.82. The third-order valence-corrected chi connectivity index (χ3v) is 3.97. The van der Waals surface area contributed by atoms with Crippen LogP contribution in [0.1, 0.15) is 21.5 Å². The Bertz CT molecular complexity index is 908. The van der Waals surface area contributed by atoms with E-state index in [4.69, 9.17) is 16.3 Å². The number of pyridine rings is 1. The minimum absolute atomic E-state index is 0.165. The fraction of sp³-hybridized carbons (Fsp3) is 0.100. The van der Waals surface area contributed by atoms with Crippen molar-refractivity contribution in [2.75, 3.05) is 5.32 Å². The number of ether oxygens (including phenoxy) is 1. The van der Waals surface area contributed by atoms with Gasteiger partial charge in [0, 0.05) is 16.7 Å². The van der Waals surface area contributed by atoms with Crippen LogP contribution in [-0.2, 0) is 0 Å². The van der Waals surface area contributed by atoms with Crippen molar-refractivity contribution >= 4 is 23.2 Å². The molecule has 1 amide bonds. The number of carbonyl (C=O) groups excluding carboxylic acids is 1. The zero-order valence-electron chi connectivity index (χ0n) is 13.9. The summed E-state index contributed by atoms with van der Waals surface area (Å²) in [5.41, 5.74) is 3.09. The molecule has 25 heavy (non-hydrogen) atoms. The summed E-state index contributed by atoms with van der Waals surface area (Å²) in [6.07, 6.45) is 1.57. The van der Waals surface area contributed by atoms with Crippen LogP contribution in [0.5, 0.6) is 11.6 Å². The number of carbonyl (C=O) groups is 1. The van der Waals surface area contributed by atoms with E-state index in [0.717, 1.165) is 11.1 Å². The van der Waals surface area contributed by atoms with Crippen LogP contribution in [0.25, 0.3) is 0 Å². The standard InChI is InChI=1S/C20H17ClN2O2/c1-13-5-3-4-6-17(13)20(24)23-16-8-10-19(22-12-16)25-18-9-7-15(21)11-14(18)2/h3-12H,1-2H3,(H,23,24). The Kier molecular flexibility index (Phi) is 5.00. The summed E-state index contributed by atoms with van der Waals surface area (Å²) >= 11 is 5.94. The number of halogens is 1. The second-order valence-electron chi connectivity index (χ2n) is 5.67. The molecule has 0 saturated heterocycles. The molecule has 1 N–H and O–H groups in total. The predicted octanol–water partition coefficient (Wildman–Crippen LogP) is 5.40. The molecule has 0 aliphatic rings. The van der Waals surface area contributed by atoms with E-state index < -0.39 is 0 Å². The molecule has 0 fully saturated rings. The zero-order chi connectivity index (χ0) is 17.8. The van der Waals surface area contributed by atoms with E-state index in [2.05, 4.69) is 10.3 Å². The Labute approximate surface area is 151 Å². The summed E-state index contributed by atoms with van der Waals surface area (Å²) in [4.78, 5) is 16.5. The number of hydrogen-bond acceptors (Lipinski definition) is 3. The average Bonchev–Trinajstić information content (AvgIpc) is 2.59. The molecule has 1 aromatic heterocycles. The number of nitrogens with zero attached hydrogens (tertiary/aromatic N) is 1. The molecule has 0 aliphatic carbocycles. The van der Waals surface area contributed by atoms with Gasteiger partial charge in [-0.3, -0.25) is 4.79 Å². The second-order valence-corrected chi connectivity index (χ2v) is 6.10. The van der Waals surface area contributed by atoms with Crippen molar-refractivity contribution in [2.45, 2.75) is 13.8 Å². The highest BCUT2D eigenvalue weighted by molar-refractivity contribution is 6.30. The van der Waals surface area contributed by atoms with Crippen molar-refractivity contribution in [1.29, 1.82) is 0 Å². The summed E-state index contributed by atoms with van der Waals surface area (Å²) < 4.78 is 5.75. The van der Waals surface area contributed by atoms with Gasteiger partial charge in [0.1, 0.15) is 5.75 Å². The molecular weight excluding hydrogens is 336 g/mol. The fourth-order valence-corrected chi connectivity index (χ4v) is 2.61.